The van der Waals surface area contributed by atoms with Crippen LogP contribution in [0.5, 0.6) is 0 Å². The van der Waals surface area contributed by atoms with Crippen molar-refractivity contribution in [2.45, 2.75) is 122 Å². The number of carbonyl (C=O) groups is 4. The number of carboxylic acids is 1. The Balaban J connectivity index is 1.25. The number of H-pyrrole nitrogens is 1. The molecule has 0 radical (unpaired) electrons. The Hall–Kier alpha value is -3.52. The van der Waals surface area contributed by atoms with Crippen LogP contribution in [0.1, 0.15) is 83.8 Å². The van der Waals surface area contributed by atoms with Crippen LogP contribution in [0.25, 0.3) is 10.9 Å². The molecule has 13 heteroatoms. The zero-order chi connectivity index (χ0) is 36.0. The van der Waals surface area contributed by atoms with Crippen LogP contribution in [0.3, 0.4) is 0 Å². The van der Waals surface area contributed by atoms with Crippen molar-refractivity contribution in [3.8, 4) is 0 Å². The van der Waals surface area contributed by atoms with Crippen molar-refractivity contribution in [2.75, 3.05) is 7.11 Å². The number of rotatable bonds is 12. The summed E-state index contributed by atoms with van der Waals surface area (Å²) in [6.07, 6.45) is 3.59. The number of hydrogen-bond donors (Lipinski definition) is 4. The van der Waals surface area contributed by atoms with Gasteiger partial charge in [-0.3, -0.25) is 14.4 Å². The summed E-state index contributed by atoms with van der Waals surface area (Å²) in [4.78, 5) is 68.9. The van der Waals surface area contributed by atoms with Gasteiger partial charge in [0.15, 0.2) is 18.2 Å². The first-order valence-electron chi connectivity index (χ1n) is 17.9. The van der Waals surface area contributed by atoms with E-state index < -0.39 is 72.0 Å². The summed E-state index contributed by atoms with van der Waals surface area (Å²) in [5.41, 5.74) is 0.387. The van der Waals surface area contributed by atoms with Crippen molar-refractivity contribution in [2.24, 2.45) is 29.1 Å². The minimum absolute atomic E-state index is 0.0267. The SMILES string of the molecule is COC(=O)[C@H](Cc1c[nH]c2cc(C)ccc12)NC(=O)[C@H](CC(C)C)NC(=O)[C@](C)(CC(=O)O)[C@H]1O[C@@H]2OC3CC[C@@H]4CCC[C@@H]([C@H]1C)[C@]42OO3. The number of aliphatic carboxylic acids is 1. The number of aromatic amines is 1. The molecular formula is C37H51N3O10. The lowest BCUT2D eigenvalue weighted by molar-refractivity contribution is -0.543. The third kappa shape index (κ3) is 6.65. The lowest BCUT2D eigenvalue weighted by Gasteiger charge is -2.60. The van der Waals surface area contributed by atoms with E-state index in [-0.39, 0.29) is 36.5 Å². The van der Waals surface area contributed by atoms with E-state index in [1.54, 1.807) is 6.92 Å². The van der Waals surface area contributed by atoms with Crippen LogP contribution in [0, 0.1) is 36.0 Å². The molecule has 50 heavy (non-hydrogen) atoms. The maximum Gasteiger partial charge on any atom is 0.328 e. The number of aryl methyl sites for hydroxylation is 1. The van der Waals surface area contributed by atoms with Crippen molar-refractivity contribution in [1.82, 2.24) is 15.6 Å². The molecule has 10 atom stereocenters. The fraction of sp³-hybridized carbons (Fsp3) is 0.676. The third-order valence-electron chi connectivity index (χ3n) is 11.5. The molecule has 5 heterocycles. The highest BCUT2D eigenvalue weighted by Gasteiger charge is 2.68. The molecule has 13 nitrogen and oxygen atoms in total. The van der Waals surface area contributed by atoms with Gasteiger partial charge < -0.3 is 34.9 Å². The quantitative estimate of drug-likeness (QED) is 0.185. The molecule has 5 fully saturated rings. The first kappa shape index (κ1) is 36.3. The lowest BCUT2D eigenvalue weighted by atomic mass is 9.57. The molecule has 2 bridgehead atoms. The van der Waals surface area contributed by atoms with Crippen LogP contribution in [0.4, 0.5) is 0 Å². The van der Waals surface area contributed by atoms with E-state index in [0.717, 1.165) is 47.7 Å². The summed E-state index contributed by atoms with van der Waals surface area (Å²) in [5.74, 6) is -3.28. The van der Waals surface area contributed by atoms with E-state index in [1.807, 2.05) is 52.1 Å². The van der Waals surface area contributed by atoms with Crippen molar-refractivity contribution in [3.63, 3.8) is 0 Å². The van der Waals surface area contributed by atoms with Crippen LogP contribution >= 0.6 is 0 Å². The van der Waals surface area contributed by atoms with E-state index in [2.05, 4.69) is 15.6 Å². The Morgan fingerprint density at radius 2 is 1.88 bits per heavy atom. The Labute approximate surface area is 292 Å². The monoisotopic (exact) mass is 697 g/mol. The molecule has 4 N–H and O–H groups in total. The van der Waals surface area contributed by atoms with Gasteiger partial charge in [-0.25, -0.2) is 14.6 Å². The number of carbonyl (C=O) groups excluding carboxylic acids is 3. The zero-order valence-electron chi connectivity index (χ0n) is 29.8. The van der Waals surface area contributed by atoms with Crippen LogP contribution in [-0.4, -0.2) is 77.3 Å². The summed E-state index contributed by atoms with van der Waals surface area (Å²) in [6, 6.07) is 3.84. The minimum Gasteiger partial charge on any atom is -0.481 e. The average molecular weight is 698 g/mol. The van der Waals surface area contributed by atoms with Gasteiger partial charge in [-0.05, 0) is 74.5 Å². The highest BCUT2D eigenvalue weighted by Crippen LogP contribution is 2.59. The van der Waals surface area contributed by atoms with Crippen LogP contribution in [-0.2, 0) is 49.6 Å². The predicted octanol–water partition coefficient (Wildman–Crippen LogP) is 4.30. The second-order valence-corrected chi connectivity index (χ2v) is 15.5. The summed E-state index contributed by atoms with van der Waals surface area (Å²) in [6.45, 7) is 9.38. The summed E-state index contributed by atoms with van der Waals surface area (Å²) in [5, 5.41) is 16.8. The highest BCUT2D eigenvalue weighted by atomic mass is 17.2. The van der Waals surface area contributed by atoms with Crippen LogP contribution in [0.15, 0.2) is 24.4 Å². The number of hydrogen-bond acceptors (Lipinski definition) is 9. The van der Waals surface area contributed by atoms with Gasteiger partial charge in [0.2, 0.25) is 11.8 Å². The van der Waals surface area contributed by atoms with Crippen LogP contribution < -0.4 is 10.6 Å². The lowest BCUT2D eigenvalue weighted by Crippen LogP contribution is -2.71. The van der Waals surface area contributed by atoms with Gasteiger partial charge in [0.05, 0.1) is 25.0 Å². The number of benzene rings is 1. The molecule has 5 aliphatic rings. The van der Waals surface area contributed by atoms with Gasteiger partial charge in [-0.15, -0.1) is 0 Å². The molecule has 1 aromatic carbocycles. The largest absolute Gasteiger partial charge is 0.481 e. The van der Waals surface area contributed by atoms with E-state index in [4.69, 9.17) is 24.0 Å². The molecule has 4 aliphatic heterocycles. The maximum atomic E-state index is 14.5. The fourth-order valence-corrected chi connectivity index (χ4v) is 9.06. The number of esters is 1. The number of methoxy groups -OCH3 is 1. The predicted molar refractivity (Wildman–Crippen MR) is 180 cm³/mol. The van der Waals surface area contributed by atoms with Gasteiger partial charge in [0, 0.05) is 35.9 Å². The molecular weight excluding hydrogens is 646 g/mol. The standard InChI is InChI=1S/C37H51N3O10/c1-19(2)14-27(32(43)39-28(33(44)46-6)16-22-18-38-26-15-20(3)10-12-24(22)26)40-34(45)36(5,17-29(41)42)31-21(4)25-9-7-8-23-11-13-30-47-35(48-31)37(23,25)50-49-30/h10,12,15,18-19,21,23,25,27-28,30-31,35,38H,7-9,11,13-14,16-17H2,1-6H3,(H,39,43)(H,40,45)(H,41,42)/t21-,23+,25+,27+,28+,30?,31+,35+,36-,37-/m1/s1. The highest BCUT2D eigenvalue weighted by molar-refractivity contribution is 5.94. The van der Waals surface area contributed by atoms with Gasteiger partial charge in [-0.1, -0.05) is 39.3 Å². The Morgan fingerprint density at radius 3 is 2.60 bits per heavy atom. The van der Waals surface area contributed by atoms with Crippen molar-refractivity contribution in [3.05, 3.63) is 35.5 Å². The molecule has 1 aliphatic carbocycles. The van der Waals surface area contributed by atoms with Crippen molar-refractivity contribution < 1.29 is 48.3 Å². The summed E-state index contributed by atoms with van der Waals surface area (Å²) < 4.78 is 18.0. The molecule has 1 unspecified atom stereocenters. The maximum absolute atomic E-state index is 14.5. The smallest absolute Gasteiger partial charge is 0.328 e. The average Bonchev–Trinajstić information content (AvgIpc) is 3.27. The topological polar surface area (TPSA) is 175 Å². The Bertz CT molecular complexity index is 1610. The first-order chi connectivity index (χ1) is 23.8. The number of nitrogens with one attached hydrogen (secondary N) is 3. The molecule has 1 aromatic heterocycles. The van der Waals surface area contributed by atoms with Gasteiger partial charge >= 0.3 is 11.9 Å². The molecule has 274 valence electrons. The zero-order valence-corrected chi connectivity index (χ0v) is 29.8. The molecule has 2 amide bonds. The van der Waals surface area contributed by atoms with Crippen LogP contribution in [0.2, 0.25) is 0 Å². The van der Waals surface area contributed by atoms with Crippen molar-refractivity contribution in [1.29, 1.82) is 0 Å². The normalized spacial score (nSPS) is 31.2. The molecule has 2 aromatic rings. The first-order valence-corrected chi connectivity index (χ1v) is 17.9. The van der Waals surface area contributed by atoms with E-state index >= 15 is 0 Å². The number of ether oxygens (including phenoxy) is 3. The second-order valence-electron chi connectivity index (χ2n) is 15.5. The number of fused-ring (bicyclic) bond motifs is 3. The molecule has 7 rings (SSSR count). The summed E-state index contributed by atoms with van der Waals surface area (Å²) in [7, 11) is 1.26. The van der Waals surface area contributed by atoms with Gasteiger partial charge in [0.25, 0.3) is 0 Å². The minimum atomic E-state index is -1.59. The fourth-order valence-electron chi connectivity index (χ4n) is 9.06. The molecule has 1 spiro atoms. The van der Waals surface area contributed by atoms with E-state index in [1.165, 1.54) is 7.11 Å². The Kier molecular flexibility index (Phi) is 10.3. The van der Waals surface area contributed by atoms with Gasteiger partial charge in [0.1, 0.15) is 12.1 Å². The number of aromatic nitrogens is 1. The third-order valence-corrected chi connectivity index (χ3v) is 11.5. The second kappa shape index (κ2) is 14.2. The number of carboxylic acid groups (broad SMARTS) is 1. The van der Waals surface area contributed by atoms with E-state index in [9.17, 15) is 24.3 Å². The molecule has 4 saturated heterocycles. The van der Waals surface area contributed by atoms with E-state index in [0.29, 0.717) is 6.42 Å². The Morgan fingerprint density at radius 1 is 1.10 bits per heavy atom. The number of amides is 2. The summed E-state index contributed by atoms with van der Waals surface area (Å²) >= 11 is 0. The van der Waals surface area contributed by atoms with Gasteiger partial charge in [-0.2, -0.15) is 0 Å². The van der Waals surface area contributed by atoms with Crippen molar-refractivity contribution >= 4 is 34.7 Å². The molecule has 1 saturated carbocycles.